The third-order valence-corrected chi connectivity index (χ3v) is 8.11. The van der Waals surface area contributed by atoms with Crippen LogP contribution in [0, 0.1) is 6.92 Å². The van der Waals surface area contributed by atoms with Gasteiger partial charge in [-0.05, 0) is 63.7 Å². The van der Waals surface area contributed by atoms with Crippen LogP contribution < -0.4 is 10.5 Å². The van der Waals surface area contributed by atoms with Gasteiger partial charge in [0.1, 0.15) is 5.75 Å². The van der Waals surface area contributed by atoms with E-state index in [0.717, 1.165) is 50.7 Å². The number of aryl methyl sites for hydroxylation is 1. The lowest BCUT2D eigenvalue weighted by Crippen LogP contribution is -2.13. The molecule has 47 heavy (non-hydrogen) atoms. The molecule has 0 fully saturated rings. The standard InChI is InChI=1S/C40H41N3O4/c1-29-24-34-5-3-7-36(39(34)27-43-29)37-13-10-31(28-46-23-22-45-21-20-44-19-16-41)25-40(37)47-18-15-30-8-11-33(12-9-30)35-6-2-4-32-14-17-42-26-38(32)35/h2-14,17,24-27H,15-16,18-23,28,41H2,1H3. The Morgan fingerprint density at radius 3 is 2.17 bits per heavy atom. The third-order valence-electron chi connectivity index (χ3n) is 8.11. The van der Waals surface area contributed by atoms with Crippen LogP contribution in [0.3, 0.4) is 0 Å². The average Bonchev–Trinajstić information content (AvgIpc) is 3.11. The van der Waals surface area contributed by atoms with Crippen molar-refractivity contribution in [3.05, 3.63) is 126 Å². The Hall–Kier alpha value is -4.66. The monoisotopic (exact) mass is 627 g/mol. The minimum Gasteiger partial charge on any atom is -0.493 e. The number of rotatable bonds is 16. The van der Waals surface area contributed by atoms with E-state index in [2.05, 4.69) is 94.9 Å². The van der Waals surface area contributed by atoms with Gasteiger partial charge in [0.05, 0.1) is 46.2 Å². The molecular weight excluding hydrogens is 586 g/mol. The summed E-state index contributed by atoms with van der Waals surface area (Å²) in [5.74, 6) is 0.826. The summed E-state index contributed by atoms with van der Waals surface area (Å²) in [7, 11) is 0. The number of pyridine rings is 2. The number of benzene rings is 4. The Labute approximate surface area is 276 Å². The fourth-order valence-corrected chi connectivity index (χ4v) is 5.72. The van der Waals surface area contributed by atoms with Gasteiger partial charge in [0.15, 0.2) is 0 Å². The summed E-state index contributed by atoms with van der Waals surface area (Å²) in [6.45, 7) is 6.14. The SMILES string of the molecule is Cc1cc2cccc(-c3ccc(COCCOCCOCCN)cc3OCCc3ccc(-c4cccc5ccncc45)cc3)c2cn1. The molecule has 7 nitrogen and oxygen atoms in total. The predicted molar refractivity (Wildman–Crippen MR) is 189 cm³/mol. The molecule has 7 heteroatoms. The molecule has 0 aliphatic heterocycles. The van der Waals surface area contributed by atoms with Gasteiger partial charge in [-0.1, -0.05) is 72.8 Å². The van der Waals surface area contributed by atoms with Crippen molar-refractivity contribution < 1.29 is 18.9 Å². The fraction of sp³-hybridized carbons (Fsp3) is 0.250. The van der Waals surface area contributed by atoms with E-state index < -0.39 is 0 Å². The molecule has 0 bridgehead atoms. The van der Waals surface area contributed by atoms with Gasteiger partial charge in [0.25, 0.3) is 0 Å². The molecule has 2 N–H and O–H groups in total. The molecule has 0 aliphatic carbocycles. The van der Waals surface area contributed by atoms with Crippen LogP contribution in [0.2, 0.25) is 0 Å². The summed E-state index contributed by atoms with van der Waals surface area (Å²) < 4.78 is 23.4. The van der Waals surface area contributed by atoms with Crippen molar-refractivity contribution >= 4 is 21.5 Å². The first-order valence-electron chi connectivity index (χ1n) is 16.2. The summed E-state index contributed by atoms with van der Waals surface area (Å²) in [4.78, 5) is 8.92. The van der Waals surface area contributed by atoms with Crippen LogP contribution in [0.5, 0.6) is 5.75 Å². The van der Waals surface area contributed by atoms with E-state index in [9.17, 15) is 0 Å². The summed E-state index contributed by atoms with van der Waals surface area (Å²) in [5.41, 5.74) is 13.2. The van der Waals surface area contributed by atoms with Crippen molar-refractivity contribution in [2.45, 2.75) is 20.0 Å². The molecule has 0 aliphatic rings. The number of nitrogens with zero attached hydrogens (tertiary/aromatic N) is 2. The van der Waals surface area contributed by atoms with E-state index in [1.54, 1.807) is 0 Å². The molecule has 0 unspecified atom stereocenters. The highest BCUT2D eigenvalue weighted by molar-refractivity contribution is 5.98. The molecule has 2 aromatic heterocycles. The van der Waals surface area contributed by atoms with Crippen LogP contribution in [-0.4, -0.2) is 56.2 Å². The lowest BCUT2D eigenvalue weighted by atomic mass is 9.97. The second-order valence-corrected chi connectivity index (χ2v) is 11.4. The Kier molecular flexibility index (Phi) is 11.2. The first kappa shape index (κ1) is 32.3. The quantitative estimate of drug-likeness (QED) is 0.111. The summed E-state index contributed by atoms with van der Waals surface area (Å²) in [6.07, 6.45) is 6.50. The molecule has 0 amide bonds. The van der Waals surface area contributed by atoms with Crippen LogP contribution in [0.15, 0.2) is 110 Å². The highest BCUT2D eigenvalue weighted by atomic mass is 16.5. The van der Waals surface area contributed by atoms with Crippen LogP contribution in [-0.2, 0) is 27.2 Å². The molecule has 0 atom stereocenters. The Balaban J connectivity index is 1.14. The first-order chi connectivity index (χ1) is 23.2. The average molecular weight is 628 g/mol. The van der Waals surface area contributed by atoms with E-state index in [4.69, 9.17) is 24.7 Å². The zero-order valence-corrected chi connectivity index (χ0v) is 26.9. The number of aromatic nitrogens is 2. The summed E-state index contributed by atoms with van der Waals surface area (Å²) in [5, 5.41) is 4.59. The van der Waals surface area contributed by atoms with Crippen molar-refractivity contribution in [2.75, 3.05) is 46.2 Å². The molecular formula is C40H41N3O4. The van der Waals surface area contributed by atoms with E-state index in [1.165, 1.54) is 22.1 Å². The molecule has 0 saturated heterocycles. The smallest absolute Gasteiger partial charge is 0.127 e. The van der Waals surface area contributed by atoms with Crippen molar-refractivity contribution in [3.8, 4) is 28.0 Å². The van der Waals surface area contributed by atoms with Crippen molar-refractivity contribution in [1.29, 1.82) is 0 Å². The maximum absolute atomic E-state index is 6.54. The number of hydrogen-bond donors (Lipinski definition) is 1. The molecule has 4 aromatic carbocycles. The first-order valence-corrected chi connectivity index (χ1v) is 16.2. The Morgan fingerprint density at radius 2 is 1.34 bits per heavy atom. The van der Waals surface area contributed by atoms with Crippen molar-refractivity contribution in [3.63, 3.8) is 0 Å². The normalized spacial score (nSPS) is 11.4. The molecule has 0 saturated carbocycles. The van der Waals surface area contributed by atoms with Gasteiger partial charge in [-0.25, -0.2) is 0 Å². The Morgan fingerprint density at radius 1 is 0.617 bits per heavy atom. The van der Waals surface area contributed by atoms with Crippen molar-refractivity contribution in [1.82, 2.24) is 9.97 Å². The van der Waals surface area contributed by atoms with Gasteiger partial charge < -0.3 is 24.7 Å². The number of hydrogen-bond acceptors (Lipinski definition) is 7. The largest absolute Gasteiger partial charge is 0.493 e. The van der Waals surface area contributed by atoms with E-state index in [-0.39, 0.29) is 0 Å². The molecule has 6 aromatic rings. The third kappa shape index (κ3) is 8.39. The summed E-state index contributed by atoms with van der Waals surface area (Å²) >= 11 is 0. The lowest BCUT2D eigenvalue weighted by Gasteiger charge is -2.16. The fourth-order valence-electron chi connectivity index (χ4n) is 5.72. The number of nitrogens with two attached hydrogens (primary N) is 1. The van der Waals surface area contributed by atoms with Crippen molar-refractivity contribution in [2.24, 2.45) is 5.73 Å². The van der Waals surface area contributed by atoms with Gasteiger partial charge in [-0.3, -0.25) is 9.97 Å². The zero-order valence-electron chi connectivity index (χ0n) is 26.9. The minimum atomic E-state index is 0.463. The van der Waals surface area contributed by atoms with Crippen LogP contribution in [0.25, 0.3) is 43.8 Å². The van der Waals surface area contributed by atoms with E-state index in [1.807, 2.05) is 31.6 Å². The van der Waals surface area contributed by atoms with Crippen LogP contribution in [0.4, 0.5) is 0 Å². The molecule has 6 rings (SSSR count). The lowest BCUT2D eigenvalue weighted by molar-refractivity contribution is 0.0119. The molecule has 0 spiro atoms. The topological polar surface area (TPSA) is 88.7 Å². The van der Waals surface area contributed by atoms with Crippen LogP contribution >= 0.6 is 0 Å². The maximum Gasteiger partial charge on any atom is 0.127 e. The van der Waals surface area contributed by atoms with Gasteiger partial charge in [-0.2, -0.15) is 0 Å². The Bertz CT molecular complexity index is 1900. The number of ether oxygens (including phenoxy) is 4. The second kappa shape index (κ2) is 16.3. The highest BCUT2D eigenvalue weighted by Gasteiger charge is 2.13. The minimum absolute atomic E-state index is 0.463. The van der Waals surface area contributed by atoms with E-state index in [0.29, 0.717) is 52.8 Å². The molecule has 0 radical (unpaired) electrons. The van der Waals surface area contributed by atoms with Gasteiger partial charge >= 0.3 is 0 Å². The highest BCUT2D eigenvalue weighted by Crippen LogP contribution is 2.36. The predicted octanol–water partition coefficient (Wildman–Crippen LogP) is 7.56. The van der Waals surface area contributed by atoms with Gasteiger partial charge in [-0.15, -0.1) is 0 Å². The van der Waals surface area contributed by atoms with Gasteiger partial charge in [0.2, 0.25) is 0 Å². The van der Waals surface area contributed by atoms with Crippen LogP contribution in [0.1, 0.15) is 16.8 Å². The molecule has 2 heterocycles. The van der Waals surface area contributed by atoms with Gasteiger partial charge in [0, 0.05) is 53.6 Å². The zero-order chi connectivity index (χ0) is 32.3. The van der Waals surface area contributed by atoms with E-state index >= 15 is 0 Å². The maximum atomic E-state index is 6.54. The second-order valence-electron chi connectivity index (χ2n) is 11.4. The molecule has 240 valence electrons. The number of fused-ring (bicyclic) bond motifs is 2. The summed E-state index contributed by atoms with van der Waals surface area (Å²) in [6, 6.07) is 31.9.